The zero-order valence-corrected chi connectivity index (χ0v) is 20.5. The number of aromatic nitrogens is 2. The highest BCUT2D eigenvalue weighted by molar-refractivity contribution is 5.58. The standard InChI is InChI=1S/C27H34N4O3/c1-19(2)20-8-10-22(11-9-20)27(32,26(3)17-30(4)18-26)23-7-5-6-21(16-23)24-28-25(29-34-24)31-12-14-33-15-13-31/h5-11,16,19,32H,12-15,17-18H2,1-4H3/t27-/m0/s1. The molecule has 2 saturated heterocycles. The molecule has 7 heteroatoms. The molecule has 3 aromatic rings. The molecule has 0 spiro atoms. The summed E-state index contributed by atoms with van der Waals surface area (Å²) in [6, 6.07) is 16.3. The first-order chi connectivity index (χ1) is 16.3. The van der Waals surface area contributed by atoms with Crippen LogP contribution in [-0.2, 0) is 10.3 Å². The first kappa shape index (κ1) is 23.0. The number of hydrogen-bond acceptors (Lipinski definition) is 7. The van der Waals surface area contributed by atoms with Gasteiger partial charge < -0.3 is 24.2 Å². The SMILES string of the molecule is CC(C)c1ccc([C@](O)(c2cccc(-c3nc(N4CCOCC4)no3)c2)C2(C)CN(C)C2)cc1. The topological polar surface area (TPSA) is 74.9 Å². The Balaban J connectivity index is 1.53. The number of anilines is 1. The predicted octanol–water partition coefficient (Wildman–Crippen LogP) is 3.88. The van der Waals surface area contributed by atoms with Gasteiger partial charge in [0.15, 0.2) is 0 Å². The molecule has 34 heavy (non-hydrogen) atoms. The van der Waals surface area contributed by atoms with Gasteiger partial charge in [-0.1, -0.05) is 57.2 Å². The van der Waals surface area contributed by atoms with Crippen molar-refractivity contribution in [3.63, 3.8) is 0 Å². The maximum atomic E-state index is 12.4. The second-order valence-corrected chi connectivity index (χ2v) is 10.3. The molecule has 0 amide bonds. The van der Waals surface area contributed by atoms with Crippen molar-refractivity contribution in [1.29, 1.82) is 0 Å². The Hall–Kier alpha value is -2.74. The molecule has 0 unspecified atom stereocenters. The molecule has 3 heterocycles. The van der Waals surface area contributed by atoms with Gasteiger partial charge in [0, 0.05) is 37.2 Å². The average Bonchev–Trinajstić information content (AvgIpc) is 3.34. The van der Waals surface area contributed by atoms with Gasteiger partial charge in [-0.3, -0.25) is 0 Å². The Morgan fingerprint density at radius 2 is 1.74 bits per heavy atom. The van der Waals surface area contributed by atoms with Crippen molar-refractivity contribution >= 4 is 5.95 Å². The van der Waals surface area contributed by atoms with Crippen molar-refractivity contribution in [3.05, 3.63) is 65.2 Å². The summed E-state index contributed by atoms with van der Waals surface area (Å²) in [5.41, 5.74) is 2.33. The van der Waals surface area contributed by atoms with Gasteiger partial charge in [0.1, 0.15) is 5.60 Å². The Kier molecular flexibility index (Phi) is 5.96. The molecule has 180 valence electrons. The number of nitrogens with zero attached hydrogens (tertiary/aromatic N) is 4. The third kappa shape index (κ3) is 3.91. The van der Waals surface area contributed by atoms with Gasteiger partial charge in [-0.25, -0.2) is 0 Å². The summed E-state index contributed by atoms with van der Waals surface area (Å²) in [5.74, 6) is 1.47. The second-order valence-electron chi connectivity index (χ2n) is 10.3. The maximum Gasteiger partial charge on any atom is 0.266 e. The van der Waals surface area contributed by atoms with Crippen molar-refractivity contribution in [1.82, 2.24) is 15.0 Å². The van der Waals surface area contributed by atoms with E-state index in [1.807, 2.05) is 24.3 Å². The molecule has 2 aliphatic heterocycles. The minimum atomic E-state index is -1.15. The molecule has 0 radical (unpaired) electrons. The highest BCUT2D eigenvalue weighted by Gasteiger charge is 2.55. The lowest BCUT2D eigenvalue weighted by molar-refractivity contribution is -0.127. The lowest BCUT2D eigenvalue weighted by atomic mass is 9.62. The van der Waals surface area contributed by atoms with Gasteiger partial charge in [0.05, 0.1) is 13.2 Å². The van der Waals surface area contributed by atoms with E-state index in [2.05, 4.69) is 72.0 Å². The minimum absolute atomic E-state index is 0.326. The highest BCUT2D eigenvalue weighted by atomic mass is 16.5. The first-order valence-electron chi connectivity index (χ1n) is 12.1. The number of likely N-dealkylation sites (tertiary alicyclic amines) is 1. The van der Waals surface area contributed by atoms with Crippen molar-refractivity contribution < 1.29 is 14.4 Å². The van der Waals surface area contributed by atoms with E-state index in [1.165, 1.54) is 5.56 Å². The van der Waals surface area contributed by atoms with E-state index in [-0.39, 0.29) is 5.41 Å². The molecular weight excluding hydrogens is 428 g/mol. The van der Waals surface area contributed by atoms with Gasteiger partial charge in [-0.15, -0.1) is 0 Å². The fraction of sp³-hybridized carbons (Fsp3) is 0.481. The summed E-state index contributed by atoms with van der Waals surface area (Å²) in [7, 11) is 2.09. The fourth-order valence-corrected chi connectivity index (χ4v) is 5.45. The van der Waals surface area contributed by atoms with Crippen LogP contribution in [0.15, 0.2) is 53.1 Å². The second kappa shape index (κ2) is 8.80. The Morgan fingerprint density at radius 1 is 1.03 bits per heavy atom. The van der Waals surface area contributed by atoms with E-state index in [1.54, 1.807) is 0 Å². The fourth-order valence-electron chi connectivity index (χ4n) is 5.45. The van der Waals surface area contributed by atoms with E-state index in [9.17, 15) is 5.11 Å². The van der Waals surface area contributed by atoms with Crippen LogP contribution in [0.5, 0.6) is 0 Å². The summed E-state index contributed by atoms with van der Waals surface area (Å²) in [4.78, 5) is 8.95. The molecular formula is C27H34N4O3. The smallest absolute Gasteiger partial charge is 0.266 e. The van der Waals surface area contributed by atoms with Crippen molar-refractivity contribution in [2.24, 2.45) is 5.41 Å². The number of benzene rings is 2. The third-order valence-corrected chi connectivity index (χ3v) is 7.34. The summed E-state index contributed by atoms with van der Waals surface area (Å²) in [5, 5.41) is 16.6. The van der Waals surface area contributed by atoms with E-state index >= 15 is 0 Å². The van der Waals surface area contributed by atoms with Crippen molar-refractivity contribution in [2.45, 2.75) is 32.3 Å². The molecule has 1 aromatic heterocycles. The third-order valence-electron chi connectivity index (χ3n) is 7.34. The van der Waals surface area contributed by atoms with Gasteiger partial charge in [-0.2, -0.15) is 4.98 Å². The quantitative estimate of drug-likeness (QED) is 0.596. The molecule has 5 rings (SSSR count). The summed E-state index contributed by atoms with van der Waals surface area (Å²) < 4.78 is 11.1. The van der Waals surface area contributed by atoms with Crippen LogP contribution in [0.25, 0.3) is 11.5 Å². The van der Waals surface area contributed by atoms with Crippen LogP contribution in [-0.4, -0.2) is 66.6 Å². The average molecular weight is 463 g/mol. The number of aliphatic hydroxyl groups is 1. The number of ether oxygens (including phenoxy) is 1. The van der Waals surface area contributed by atoms with Gasteiger partial charge in [0.25, 0.3) is 11.8 Å². The van der Waals surface area contributed by atoms with Crippen molar-refractivity contribution in [2.75, 3.05) is 51.3 Å². The maximum absolute atomic E-state index is 12.4. The number of rotatable bonds is 6. The molecule has 0 bridgehead atoms. The van der Waals surface area contributed by atoms with E-state index < -0.39 is 5.60 Å². The summed E-state index contributed by atoms with van der Waals surface area (Å²) in [6.45, 7) is 11.0. The highest BCUT2D eigenvalue weighted by Crippen LogP contribution is 2.50. The molecule has 2 aliphatic rings. The summed E-state index contributed by atoms with van der Waals surface area (Å²) >= 11 is 0. The van der Waals surface area contributed by atoms with Crippen molar-refractivity contribution in [3.8, 4) is 11.5 Å². The van der Waals surface area contributed by atoms with Crippen LogP contribution in [0.1, 0.15) is 43.4 Å². The first-order valence-corrected chi connectivity index (χ1v) is 12.1. The Labute approximate surface area is 201 Å². The molecule has 2 aromatic carbocycles. The van der Waals surface area contributed by atoms with Gasteiger partial charge >= 0.3 is 0 Å². The van der Waals surface area contributed by atoms with E-state index in [4.69, 9.17) is 9.26 Å². The normalized spacial score (nSPS) is 20.2. The largest absolute Gasteiger partial charge is 0.380 e. The molecule has 1 N–H and O–H groups in total. The number of morpholine rings is 1. The van der Waals surface area contributed by atoms with Crippen LogP contribution in [0.4, 0.5) is 5.95 Å². The molecule has 0 saturated carbocycles. The predicted molar refractivity (Wildman–Crippen MR) is 132 cm³/mol. The zero-order valence-electron chi connectivity index (χ0n) is 20.5. The van der Waals surface area contributed by atoms with Gasteiger partial charge in [-0.05, 0) is 46.9 Å². The molecule has 7 nitrogen and oxygen atoms in total. The molecule has 0 aliphatic carbocycles. The van der Waals surface area contributed by atoms with Crippen LogP contribution >= 0.6 is 0 Å². The lowest BCUT2D eigenvalue weighted by Gasteiger charge is -2.56. The van der Waals surface area contributed by atoms with Crippen LogP contribution in [0.3, 0.4) is 0 Å². The van der Waals surface area contributed by atoms with Crippen LogP contribution in [0.2, 0.25) is 0 Å². The molecule has 1 atom stereocenters. The van der Waals surface area contributed by atoms with Crippen LogP contribution < -0.4 is 4.90 Å². The minimum Gasteiger partial charge on any atom is -0.380 e. The van der Waals surface area contributed by atoms with E-state index in [0.717, 1.165) is 42.9 Å². The van der Waals surface area contributed by atoms with E-state index in [0.29, 0.717) is 31.0 Å². The zero-order chi connectivity index (χ0) is 23.9. The van der Waals surface area contributed by atoms with Gasteiger partial charge in [0.2, 0.25) is 0 Å². The lowest BCUT2D eigenvalue weighted by Crippen LogP contribution is -2.63. The Morgan fingerprint density at radius 3 is 2.38 bits per heavy atom. The van der Waals surface area contributed by atoms with Crippen LogP contribution in [0, 0.1) is 5.41 Å². The number of hydrogen-bond donors (Lipinski definition) is 1. The summed E-state index contributed by atoms with van der Waals surface area (Å²) in [6.07, 6.45) is 0. The molecule has 2 fully saturated rings. The monoisotopic (exact) mass is 462 g/mol. The Bertz CT molecular complexity index is 1130.